The van der Waals surface area contributed by atoms with Gasteiger partial charge in [-0.05, 0) is 18.2 Å². The summed E-state index contributed by atoms with van der Waals surface area (Å²) in [5.74, 6) is 1.65. The first-order valence-electron chi connectivity index (χ1n) is 10.9. The van der Waals surface area contributed by atoms with E-state index in [2.05, 4.69) is 20.9 Å². The molecule has 8 nitrogen and oxygen atoms in total. The third-order valence-electron chi connectivity index (χ3n) is 5.67. The van der Waals surface area contributed by atoms with Crippen molar-refractivity contribution in [2.24, 2.45) is 0 Å². The third-order valence-corrected chi connectivity index (χ3v) is 5.67. The van der Waals surface area contributed by atoms with E-state index in [4.69, 9.17) is 19.8 Å². The number of nitrogens with zero attached hydrogens (tertiary/aromatic N) is 7. The zero-order valence-electron chi connectivity index (χ0n) is 17.9. The lowest BCUT2D eigenvalue weighted by Gasteiger charge is -2.29. The molecule has 5 heterocycles. The molecule has 1 saturated heterocycles. The third kappa shape index (κ3) is 3.81. The Kier molecular flexibility index (Phi) is 4.97. The molecular formula is C25H21N7O. The summed E-state index contributed by atoms with van der Waals surface area (Å²) >= 11 is 0. The molecular weight excluding hydrogens is 414 g/mol. The predicted molar refractivity (Wildman–Crippen MR) is 126 cm³/mol. The fourth-order valence-corrected chi connectivity index (χ4v) is 4.00. The molecule has 0 N–H and O–H groups in total. The largest absolute Gasteiger partial charge is 0.378 e. The molecule has 1 aliphatic rings. The van der Waals surface area contributed by atoms with E-state index >= 15 is 0 Å². The molecule has 33 heavy (non-hydrogen) atoms. The van der Waals surface area contributed by atoms with Crippen LogP contribution < -0.4 is 4.90 Å². The number of ether oxygens (including phenoxy) is 1. The molecule has 162 valence electrons. The molecule has 0 aliphatic carbocycles. The number of morpholine rings is 1. The van der Waals surface area contributed by atoms with E-state index in [0.717, 1.165) is 52.8 Å². The molecule has 4 aromatic heterocycles. The smallest absolute Gasteiger partial charge is 0.159 e. The molecule has 0 amide bonds. The maximum Gasteiger partial charge on any atom is 0.159 e. The first-order valence-corrected chi connectivity index (χ1v) is 10.9. The van der Waals surface area contributed by atoms with Crippen molar-refractivity contribution in [3.63, 3.8) is 0 Å². The second kappa shape index (κ2) is 8.40. The molecule has 0 atom stereocenters. The monoisotopic (exact) mass is 435 g/mol. The number of pyridine rings is 1. The summed E-state index contributed by atoms with van der Waals surface area (Å²) in [5.41, 5.74) is 5.14. The van der Waals surface area contributed by atoms with Crippen molar-refractivity contribution in [3.8, 4) is 34.0 Å². The summed E-state index contributed by atoms with van der Waals surface area (Å²) in [7, 11) is 0. The van der Waals surface area contributed by atoms with E-state index in [0.29, 0.717) is 19.0 Å². The fourth-order valence-electron chi connectivity index (χ4n) is 4.00. The van der Waals surface area contributed by atoms with Crippen LogP contribution in [0.25, 0.3) is 39.7 Å². The van der Waals surface area contributed by atoms with Crippen LogP contribution in [-0.2, 0) is 4.74 Å². The Morgan fingerprint density at radius 3 is 2.36 bits per heavy atom. The summed E-state index contributed by atoms with van der Waals surface area (Å²) in [6.07, 6.45) is 5.32. The van der Waals surface area contributed by atoms with Crippen LogP contribution in [0.5, 0.6) is 0 Å². The topological polar surface area (TPSA) is 81.3 Å². The number of aromatic nitrogens is 6. The van der Waals surface area contributed by atoms with Crippen LogP contribution in [-0.4, -0.2) is 55.9 Å². The van der Waals surface area contributed by atoms with E-state index in [-0.39, 0.29) is 0 Å². The molecule has 0 unspecified atom stereocenters. The van der Waals surface area contributed by atoms with E-state index in [1.807, 2.05) is 59.1 Å². The van der Waals surface area contributed by atoms with Crippen LogP contribution in [0.2, 0.25) is 0 Å². The Balaban J connectivity index is 1.50. The van der Waals surface area contributed by atoms with Gasteiger partial charge in [-0.1, -0.05) is 30.3 Å². The van der Waals surface area contributed by atoms with Gasteiger partial charge < -0.3 is 9.64 Å². The van der Waals surface area contributed by atoms with Crippen molar-refractivity contribution in [2.75, 3.05) is 31.2 Å². The minimum absolute atomic E-state index is 0.675. The summed E-state index contributed by atoms with van der Waals surface area (Å²) in [4.78, 5) is 20.6. The maximum absolute atomic E-state index is 5.57. The Bertz CT molecular complexity index is 1400. The van der Waals surface area contributed by atoms with Gasteiger partial charge in [0.25, 0.3) is 0 Å². The highest BCUT2D eigenvalue weighted by Gasteiger charge is 2.19. The van der Waals surface area contributed by atoms with Crippen molar-refractivity contribution in [2.45, 2.75) is 0 Å². The standard InChI is InChI=1S/C25H21N7O/c1-2-4-19(5-3-1)25-27-11-8-20(29-25)22-17-24(31-12-14-33-15-13-31)32-23(28-22)16-21(30-32)18-6-9-26-10-7-18/h1-11,16-17H,12-15H2. The molecule has 6 rings (SSSR count). The Labute approximate surface area is 190 Å². The lowest BCUT2D eigenvalue weighted by Crippen LogP contribution is -2.37. The maximum atomic E-state index is 5.57. The van der Waals surface area contributed by atoms with Gasteiger partial charge in [0.05, 0.1) is 30.3 Å². The zero-order chi connectivity index (χ0) is 22.0. The van der Waals surface area contributed by atoms with Crippen LogP contribution in [0.1, 0.15) is 0 Å². The van der Waals surface area contributed by atoms with Gasteiger partial charge in [0.1, 0.15) is 5.82 Å². The van der Waals surface area contributed by atoms with Crippen LogP contribution in [0.4, 0.5) is 5.82 Å². The van der Waals surface area contributed by atoms with Crippen molar-refractivity contribution in [3.05, 3.63) is 79.3 Å². The summed E-state index contributed by atoms with van der Waals surface area (Å²) in [5, 5.41) is 4.87. The lowest BCUT2D eigenvalue weighted by molar-refractivity contribution is 0.122. The van der Waals surface area contributed by atoms with Gasteiger partial charge in [0, 0.05) is 54.9 Å². The normalized spacial score (nSPS) is 14.0. The van der Waals surface area contributed by atoms with E-state index < -0.39 is 0 Å². The van der Waals surface area contributed by atoms with Gasteiger partial charge in [0.2, 0.25) is 0 Å². The Hall–Kier alpha value is -4.17. The second-order valence-electron chi connectivity index (χ2n) is 7.77. The Morgan fingerprint density at radius 2 is 1.55 bits per heavy atom. The van der Waals surface area contributed by atoms with E-state index in [1.54, 1.807) is 18.6 Å². The average molecular weight is 435 g/mol. The predicted octanol–water partition coefficient (Wildman–Crippen LogP) is 3.75. The molecule has 0 spiro atoms. The zero-order valence-corrected chi connectivity index (χ0v) is 17.9. The molecule has 1 fully saturated rings. The number of anilines is 1. The Morgan fingerprint density at radius 1 is 0.727 bits per heavy atom. The van der Waals surface area contributed by atoms with Crippen LogP contribution in [0.15, 0.2) is 79.3 Å². The minimum Gasteiger partial charge on any atom is -0.378 e. The number of hydrogen-bond acceptors (Lipinski definition) is 7. The first kappa shape index (κ1) is 19.5. The second-order valence-corrected chi connectivity index (χ2v) is 7.77. The fraction of sp³-hybridized carbons (Fsp3) is 0.160. The van der Waals surface area contributed by atoms with Crippen LogP contribution in [0.3, 0.4) is 0 Å². The van der Waals surface area contributed by atoms with Gasteiger partial charge in [0.15, 0.2) is 11.5 Å². The number of rotatable bonds is 4. The molecule has 5 aromatic rings. The number of benzene rings is 1. The van der Waals surface area contributed by atoms with E-state index in [9.17, 15) is 0 Å². The van der Waals surface area contributed by atoms with Gasteiger partial charge in [-0.15, -0.1) is 0 Å². The van der Waals surface area contributed by atoms with Crippen molar-refractivity contribution >= 4 is 11.5 Å². The van der Waals surface area contributed by atoms with Gasteiger partial charge >= 0.3 is 0 Å². The van der Waals surface area contributed by atoms with E-state index in [1.165, 1.54) is 0 Å². The summed E-state index contributed by atoms with van der Waals surface area (Å²) in [6.45, 7) is 2.96. The van der Waals surface area contributed by atoms with Gasteiger partial charge in [-0.25, -0.2) is 15.0 Å². The molecule has 8 heteroatoms. The molecule has 1 aromatic carbocycles. The summed E-state index contributed by atoms with van der Waals surface area (Å²) < 4.78 is 7.48. The minimum atomic E-state index is 0.675. The number of hydrogen-bond donors (Lipinski definition) is 0. The quantitative estimate of drug-likeness (QED) is 0.425. The highest BCUT2D eigenvalue weighted by Crippen LogP contribution is 2.28. The first-order chi connectivity index (χ1) is 16.3. The average Bonchev–Trinajstić information content (AvgIpc) is 3.34. The highest BCUT2D eigenvalue weighted by atomic mass is 16.5. The lowest BCUT2D eigenvalue weighted by atomic mass is 10.2. The number of fused-ring (bicyclic) bond motifs is 1. The highest BCUT2D eigenvalue weighted by molar-refractivity contribution is 5.70. The van der Waals surface area contributed by atoms with Crippen molar-refractivity contribution in [1.82, 2.24) is 29.5 Å². The summed E-state index contributed by atoms with van der Waals surface area (Å²) in [6, 6.07) is 19.8. The molecule has 0 bridgehead atoms. The van der Waals surface area contributed by atoms with Gasteiger partial charge in [-0.2, -0.15) is 9.61 Å². The molecule has 0 radical (unpaired) electrons. The van der Waals surface area contributed by atoms with Crippen molar-refractivity contribution < 1.29 is 4.74 Å². The SMILES string of the molecule is c1ccc(-c2nccc(-c3cc(N4CCOCC4)n4nc(-c5ccncc5)cc4n3)n2)cc1. The van der Waals surface area contributed by atoms with Gasteiger partial charge in [-0.3, -0.25) is 4.98 Å². The van der Waals surface area contributed by atoms with Crippen LogP contribution >= 0.6 is 0 Å². The van der Waals surface area contributed by atoms with Crippen molar-refractivity contribution in [1.29, 1.82) is 0 Å². The molecule has 0 saturated carbocycles. The van der Waals surface area contributed by atoms with Crippen LogP contribution in [0, 0.1) is 0 Å². The molecule has 1 aliphatic heterocycles.